The lowest BCUT2D eigenvalue weighted by molar-refractivity contribution is 0.0781. The second kappa shape index (κ2) is 6.35. The first kappa shape index (κ1) is 14.8. The van der Waals surface area contributed by atoms with Crippen molar-refractivity contribution in [2.45, 2.75) is 12.8 Å². The fourth-order valence-corrected chi connectivity index (χ4v) is 3.34. The van der Waals surface area contributed by atoms with Gasteiger partial charge in [-0.05, 0) is 42.5 Å². The number of nitrogens with zero attached hydrogens (tertiary/aromatic N) is 4. The first-order valence-corrected chi connectivity index (χ1v) is 8.18. The Hall–Kier alpha value is -2.82. The molecule has 0 spiro atoms. The Morgan fingerprint density at radius 3 is 3.00 bits per heavy atom. The van der Waals surface area contributed by atoms with Crippen molar-refractivity contribution in [3.05, 3.63) is 66.4 Å². The summed E-state index contributed by atoms with van der Waals surface area (Å²) in [4.78, 5) is 26.8. The Morgan fingerprint density at radius 2 is 2.12 bits per heavy atom. The van der Waals surface area contributed by atoms with E-state index in [0.29, 0.717) is 11.6 Å². The van der Waals surface area contributed by atoms with Crippen LogP contribution in [0.4, 0.5) is 0 Å². The van der Waals surface area contributed by atoms with E-state index in [4.69, 9.17) is 0 Å². The average molecular weight is 318 g/mol. The van der Waals surface area contributed by atoms with Crippen molar-refractivity contribution in [3.63, 3.8) is 0 Å². The van der Waals surface area contributed by atoms with Gasteiger partial charge in [-0.1, -0.05) is 12.1 Å². The van der Waals surface area contributed by atoms with Gasteiger partial charge in [0.25, 0.3) is 5.91 Å². The second-order valence-corrected chi connectivity index (χ2v) is 6.23. The molecular formula is C19H18N4O. The predicted molar refractivity (Wildman–Crippen MR) is 91.5 cm³/mol. The third-order valence-corrected chi connectivity index (χ3v) is 4.55. The lowest BCUT2D eigenvalue weighted by atomic mass is 9.97. The zero-order valence-corrected chi connectivity index (χ0v) is 13.3. The van der Waals surface area contributed by atoms with Crippen LogP contribution in [0, 0.1) is 5.92 Å². The van der Waals surface area contributed by atoms with Crippen LogP contribution in [-0.4, -0.2) is 38.8 Å². The van der Waals surface area contributed by atoms with Crippen LogP contribution >= 0.6 is 0 Å². The molecular weight excluding hydrogens is 300 g/mol. The molecule has 5 nitrogen and oxygen atoms in total. The Balaban J connectivity index is 1.44. The van der Waals surface area contributed by atoms with E-state index in [-0.39, 0.29) is 5.91 Å². The minimum Gasteiger partial charge on any atom is -0.337 e. The molecule has 3 aromatic rings. The number of likely N-dealkylation sites (tertiary alicyclic amines) is 1. The van der Waals surface area contributed by atoms with Crippen LogP contribution < -0.4 is 0 Å². The number of benzene rings is 1. The number of carbonyl (C=O) groups excluding carboxylic acids is 1. The molecule has 120 valence electrons. The van der Waals surface area contributed by atoms with E-state index < -0.39 is 0 Å². The maximum absolute atomic E-state index is 12.4. The fourth-order valence-electron chi connectivity index (χ4n) is 3.34. The van der Waals surface area contributed by atoms with E-state index in [1.807, 2.05) is 17.2 Å². The number of aromatic nitrogens is 3. The zero-order chi connectivity index (χ0) is 16.4. The minimum absolute atomic E-state index is 0.0201. The SMILES string of the molecule is O=C(c1cnccn1)N1CCC(Cc2ccc3ncccc3c2)C1. The molecule has 0 bridgehead atoms. The summed E-state index contributed by atoms with van der Waals surface area (Å²) in [7, 11) is 0. The molecule has 24 heavy (non-hydrogen) atoms. The highest BCUT2D eigenvalue weighted by atomic mass is 16.2. The number of hydrogen-bond donors (Lipinski definition) is 0. The van der Waals surface area contributed by atoms with Crippen LogP contribution in [0.15, 0.2) is 55.1 Å². The monoisotopic (exact) mass is 318 g/mol. The largest absolute Gasteiger partial charge is 0.337 e. The first-order valence-electron chi connectivity index (χ1n) is 8.18. The highest BCUT2D eigenvalue weighted by molar-refractivity contribution is 5.92. The standard InChI is InChI=1S/C19H18N4O/c24-19(18-12-20-7-8-22-18)23-9-5-15(13-23)10-14-3-4-17-16(11-14)2-1-6-21-17/h1-4,6-8,11-12,15H,5,9-10,13H2. The Labute approximate surface area is 140 Å². The fraction of sp³-hybridized carbons (Fsp3) is 0.263. The lowest BCUT2D eigenvalue weighted by Crippen LogP contribution is -2.29. The van der Waals surface area contributed by atoms with Crippen molar-refractivity contribution in [2.24, 2.45) is 5.92 Å². The van der Waals surface area contributed by atoms with Gasteiger partial charge in [0.2, 0.25) is 0 Å². The normalized spacial score (nSPS) is 17.3. The van der Waals surface area contributed by atoms with Gasteiger partial charge in [0, 0.05) is 37.1 Å². The summed E-state index contributed by atoms with van der Waals surface area (Å²) in [5.74, 6) is 0.466. The molecule has 0 saturated carbocycles. The van der Waals surface area contributed by atoms with Gasteiger partial charge in [0.1, 0.15) is 5.69 Å². The maximum Gasteiger partial charge on any atom is 0.274 e. The molecule has 1 aromatic carbocycles. The van der Waals surface area contributed by atoms with Gasteiger partial charge in [0.05, 0.1) is 11.7 Å². The van der Waals surface area contributed by atoms with Crippen LogP contribution in [0.1, 0.15) is 22.5 Å². The van der Waals surface area contributed by atoms with Crippen LogP contribution in [-0.2, 0) is 6.42 Å². The average Bonchev–Trinajstić information content (AvgIpc) is 3.10. The van der Waals surface area contributed by atoms with E-state index >= 15 is 0 Å². The summed E-state index contributed by atoms with van der Waals surface area (Å²) >= 11 is 0. The summed E-state index contributed by atoms with van der Waals surface area (Å²) in [6, 6.07) is 10.5. The molecule has 0 N–H and O–H groups in total. The Morgan fingerprint density at radius 1 is 1.17 bits per heavy atom. The van der Waals surface area contributed by atoms with Crippen LogP contribution in [0.25, 0.3) is 10.9 Å². The topological polar surface area (TPSA) is 59.0 Å². The van der Waals surface area contributed by atoms with Gasteiger partial charge < -0.3 is 4.90 Å². The number of amides is 1. The molecule has 0 radical (unpaired) electrons. The van der Waals surface area contributed by atoms with Crippen LogP contribution in [0.3, 0.4) is 0 Å². The summed E-state index contributed by atoms with van der Waals surface area (Å²) in [6.07, 6.45) is 8.50. The molecule has 0 aliphatic carbocycles. The highest BCUT2D eigenvalue weighted by Crippen LogP contribution is 2.23. The van der Waals surface area contributed by atoms with E-state index in [0.717, 1.165) is 31.4 Å². The molecule has 1 atom stereocenters. The van der Waals surface area contributed by atoms with Crippen molar-refractivity contribution < 1.29 is 4.79 Å². The van der Waals surface area contributed by atoms with Crippen molar-refractivity contribution in [2.75, 3.05) is 13.1 Å². The molecule has 1 aliphatic heterocycles. The predicted octanol–water partition coefficient (Wildman–Crippen LogP) is 2.73. The number of rotatable bonds is 3. The summed E-state index contributed by atoms with van der Waals surface area (Å²) < 4.78 is 0. The van der Waals surface area contributed by atoms with Gasteiger partial charge in [0.15, 0.2) is 0 Å². The summed E-state index contributed by atoms with van der Waals surface area (Å²) in [5, 5.41) is 1.17. The third kappa shape index (κ3) is 2.97. The molecule has 2 aromatic heterocycles. The van der Waals surface area contributed by atoms with Crippen molar-refractivity contribution in [3.8, 4) is 0 Å². The molecule has 1 unspecified atom stereocenters. The van der Waals surface area contributed by atoms with E-state index in [2.05, 4.69) is 39.2 Å². The number of fused-ring (bicyclic) bond motifs is 1. The third-order valence-electron chi connectivity index (χ3n) is 4.55. The van der Waals surface area contributed by atoms with Crippen LogP contribution in [0.2, 0.25) is 0 Å². The second-order valence-electron chi connectivity index (χ2n) is 6.23. The molecule has 5 heteroatoms. The quantitative estimate of drug-likeness (QED) is 0.745. The molecule has 1 saturated heterocycles. The molecule has 1 amide bonds. The van der Waals surface area contributed by atoms with Gasteiger partial charge in [-0.25, -0.2) is 4.98 Å². The smallest absolute Gasteiger partial charge is 0.274 e. The number of carbonyl (C=O) groups is 1. The zero-order valence-electron chi connectivity index (χ0n) is 13.3. The van der Waals surface area contributed by atoms with Crippen LogP contribution in [0.5, 0.6) is 0 Å². The van der Waals surface area contributed by atoms with E-state index in [1.165, 1.54) is 17.1 Å². The van der Waals surface area contributed by atoms with Gasteiger partial charge in [-0.2, -0.15) is 0 Å². The van der Waals surface area contributed by atoms with Gasteiger partial charge >= 0.3 is 0 Å². The molecule has 4 rings (SSSR count). The highest BCUT2D eigenvalue weighted by Gasteiger charge is 2.27. The molecule has 1 fully saturated rings. The maximum atomic E-state index is 12.4. The Bertz CT molecular complexity index is 865. The van der Waals surface area contributed by atoms with Gasteiger partial charge in [-0.3, -0.25) is 14.8 Å². The molecule has 1 aliphatic rings. The lowest BCUT2D eigenvalue weighted by Gasteiger charge is -2.16. The first-order chi connectivity index (χ1) is 11.8. The summed E-state index contributed by atoms with van der Waals surface area (Å²) in [5.41, 5.74) is 2.75. The minimum atomic E-state index is -0.0201. The summed E-state index contributed by atoms with van der Waals surface area (Å²) in [6.45, 7) is 1.57. The van der Waals surface area contributed by atoms with Crippen molar-refractivity contribution in [1.29, 1.82) is 0 Å². The molecule has 3 heterocycles. The van der Waals surface area contributed by atoms with Crippen molar-refractivity contribution >= 4 is 16.8 Å². The number of hydrogen-bond acceptors (Lipinski definition) is 4. The Kier molecular flexibility index (Phi) is 3.91. The van der Waals surface area contributed by atoms with E-state index in [1.54, 1.807) is 12.4 Å². The van der Waals surface area contributed by atoms with Crippen molar-refractivity contribution in [1.82, 2.24) is 19.9 Å². The van der Waals surface area contributed by atoms with E-state index in [9.17, 15) is 4.79 Å². The van der Waals surface area contributed by atoms with Gasteiger partial charge in [-0.15, -0.1) is 0 Å². The number of pyridine rings is 1.